The number of hydrogen-bond donors (Lipinski definition) is 1. The van der Waals surface area contributed by atoms with Gasteiger partial charge < -0.3 is 5.32 Å². The van der Waals surface area contributed by atoms with E-state index in [9.17, 15) is 9.59 Å². The van der Waals surface area contributed by atoms with E-state index in [1.165, 1.54) is 22.2 Å². The summed E-state index contributed by atoms with van der Waals surface area (Å²) < 4.78 is 1.31. The van der Waals surface area contributed by atoms with Crippen molar-refractivity contribution >= 4 is 27.5 Å². The van der Waals surface area contributed by atoms with E-state index in [2.05, 4.69) is 15.3 Å². The Hall–Kier alpha value is -2.54. The average Bonchev–Trinajstić information content (AvgIpc) is 2.98. The lowest BCUT2D eigenvalue weighted by molar-refractivity contribution is -0.121. The van der Waals surface area contributed by atoms with E-state index < -0.39 is 0 Å². The number of nitrogens with zero attached hydrogens (tertiary/aromatic N) is 3. The van der Waals surface area contributed by atoms with Crippen molar-refractivity contribution in [2.75, 3.05) is 0 Å². The van der Waals surface area contributed by atoms with E-state index in [0.29, 0.717) is 16.8 Å². The van der Waals surface area contributed by atoms with Crippen molar-refractivity contribution in [1.29, 1.82) is 0 Å². The molecule has 0 aliphatic carbocycles. The molecule has 3 heterocycles. The predicted octanol–water partition coefficient (Wildman–Crippen LogP) is 1.17. The summed E-state index contributed by atoms with van der Waals surface area (Å²) in [4.78, 5) is 33.0. The summed E-state index contributed by atoms with van der Waals surface area (Å²) in [6.07, 6.45) is 3.07. The standard InChI is InChI=1S/C14H12N4O2S/c19-12(16-7-10-3-1-2-5-15-10)8-18-9-17-13-11(14(18)20)4-6-21-13/h1-6,9H,7-8H2,(H,16,19). The highest BCUT2D eigenvalue weighted by molar-refractivity contribution is 7.16. The Kier molecular flexibility index (Phi) is 3.74. The van der Waals surface area contributed by atoms with Crippen LogP contribution in [0.15, 0.2) is 47.0 Å². The third kappa shape index (κ3) is 2.97. The molecule has 0 saturated heterocycles. The highest BCUT2D eigenvalue weighted by Crippen LogP contribution is 2.13. The molecular weight excluding hydrogens is 288 g/mol. The maximum absolute atomic E-state index is 12.1. The summed E-state index contributed by atoms with van der Waals surface area (Å²) in [6.45, 7) is 0.285. The molecule has 0 unspecified atom stereocenters. The first-order valence-corrected chi connectivity index (χ1v) is 7.21. The highest BCUT2D eigenvalue weighted by Gasteiger charge is 2.08. The second-order valence-corrected chi connectivity index (χ2v) is 5.31. The van der Waals surface area contributed by atoms with Gasteiger partial charge >= 0.3 is 0 Å². The highest BCUT2D eigenvalue weighted by atomic mass is 32.1. The van der Waals surface area contributed by atoms with Crippen LogP contribution in [-0.4, -0.2) is 20.4 Å². The third-order valence-electron chi connectivity index (χ3n) is 2.96. The normalized spacial score (nSPS) is 10.7. The Bertz CT molecular complexity index is 826. The van der Waals surface area contributed by atoms with Crippen LogP contribution in [0.1, 0.15) is 5.69 Å². The summed E-state index contributed by atoms with van der Waals surface area (Å²) in [5.41, 5.74) is 0.568. The zero-order chi connectivity index (χ0) is 14.7. The molecule has 0 radical (unpaired) electrons. The first kappa shape index (κ1) is 13.4. The van der Waals surface area contributed by atoms with E-state index in [4.69, 9.17) is 0 Å². The van der Waals surface area contributed by atoms with E-state index in [-0.39, 0.29) is 18.0 Å². The van der Waals surface area contributed by atoms with Gasteiger partial charge in [0.1, 0.15) is 11.4 Å². The Balaban J connectivity index is 1.69. The molecule has 0 spiro atoms. The van der Waals surface area contributed by atoms with Crippen LogP contribution in [-0.2, 0) is 17.9 Å². The lowest BCUT2D eigenvalue weighted by atomic mass is 10.3. The van der Waals surface area contributed by atoms with Crippen molar-refractivity contribution in [3.63, 3.8) is 0 Å². The fourth-order valence-corrected chi connectivity index (χ4v) is 2.63. The number of hydrogen-bond acceptors (Lipinski definition) is 5. The maximum atomic E-state index is 12.1. The van der Waals surface area contributed by atoms with Gasteiger partial charge in [-0.1, -0.05) is 6.07 Å². The molecule has 0 atom stereocenters. The molecule has 0 saturated carbocycles. The Morgan fingerprint density at radius 2 is 2.19 bits per heavy atom. The largest absolute Gasteiger partial charge is 0.349 e. The maximum Gasteiger partial charge on any atom is 0.262 e. The van der Waals surface area contributed by atoms with Crippen LogP contribution in [0.25, 0.3) is 10.2 Å². The second kappa shape index (κ2) is 5.84. The molecule has 0 bridgehead atoms. The summed E-state index contributed by atoms with van der Waals surface area (Å²) >= 11 is 1.40. The number of carbonyl (C=O) groups is 1. The molecule has 1 amide bonds. The van der Waals surface area contributed by atoms with Crippen molar-refractivity contribution in [3.8, 4) is 0 Å². The Labute approximate surface area is 124 Å². The molecule has 0 aliphatic heterocycles. The first-order chi connectivity index (χ1) is 10.2. The zero-order valence-corrected chi connectivity index (χ0v) is 11.8. The van der Waals surface area contributed by atoms with Gasteiger partial charge in [0, 0.05) is 6.20 Å². The number of amides is 1. The van der Waals surface area contributed by atoms with Crippen LogP contribution in [0.3, 0.4) is 0 Å². The van der Waals surface area contributed by atoms with Crippen molar-refractivity contribution in [2.24, 2.45) is 0 Å². The van der Waals surface area contributed by atoms with Crippen molar-refractivity contribution < 1.29 is 4.79 Å². The summed E-state index contributed by atoms with van der Waals surface area (Å²) in [5, 5.41) is 5.08. The molecule has 3 rings (SSSR count). The number of pyridine rings is 1. The van der Waals surface area contributed by atoms with Gasteiger partial charge in [-0.3, -0.25) is 19.1 Å². The molecule has 3 aromatic rings. The van der Waals surface area contributed by atoms with E-state index in [1.807, 2.05) is 23.6 Å². The van der Waals surface area contributed by atoms with Gasteiger partial charge in [0.2, 0.25) is 5.91 Å². The van der Waals surface area contributed by atoms with Crippen LogP contribution >= 0.6 is 11.3 Å². The van der Waals surface area contributed by atoms with Crippen molar-refractivity contribution in [2.45, 2.75) is 13.1 Å². The van der Waals surface area contributed by atoms with Crippen molar-refractivity contribution in [3.05, 3.63) is 58.2 Å². The molecular formula is C14H12N4O2S. The number of nitrogens with one attached hydrogen (secondary N) is 1. The van der Waals surface area contributed by atoms with Gasteiger partial charge in [-0.2, -0.15) is 0 Å². The van der Waals surface area contributed by atoms with Crippen molar-refractivity contribution in [1.82, 2.24) is 19.9 Å². The lowest BCUT2D eigenvalue weighted by Gasteiger charge is -2.06. The molecule has 6 nitrogen and oxygen atoms in total. The minimum atomic E-state index is -0.251. The summed E-state index contributed by atoms with van der Waals surface area (Å²) in [7, 11) is 0. The van der Waals surface area contributed by atoms with Crippen LogP contribution in [0, 0.1) is 0 Å². The quantitative estimate of drug-likeness (QED) is 0.784. The topological polar surface area (TPSA) is 76.9 Å². The number of fused-ring (bicyclic) bond motifs is 1. The van der Waals surface area contributed by atoms with Crippen LogP contribution in [0.4, 0.5) is 0 Å². The van der Waals surface area contributed by atoms with E-state index in [1.54, 1.807) is 12.3 Å². The van der Waals surface area contributed by atoms with Crippen LogP contribution in [0.5, 0.6) is 0 Å². The number of rotatable bonds is 4. The molecule has 3 aromatic heterocycles. The molecule has 0 fully saturated rings. The van der Waals surface area contributed by atoms with Crippen LogP contribution < -0.4 is 10.9 Å². The first-order valence-electron chi connectivity index (χ1n) is 6.33. The van der Waals surface area contributed by atoms with Gasteiger partial charge in [-0.25, -0.2) is 4.98 Å². The SMILES string of the molecule is O=C(Cn1cnc2sccc2c1=O)NCc1ccccn1. The molecule has 1 N–H and O–H groups in total. The average molecular weight is 300 g/mol. The van der Waals surface area contributed by atoms with Gasteiger partial charge in [0.05, 0.1) is 24.0 Å². The van der Waals surface area contributed by atoms with Crippen LogP contribution in [0.2, 0.25) is 0 Å². The van der Waals surface area contributed by atoms with Gasteiger partial charge in [-0.15, -0.1) is 11.3 Å². The number of thiophene rings is 1. The smallest absolute Gasteiger partial charge is 0.262 e. The predicted molar refractivity (Wildman–Crippen MR) is 80.0 cm³/mol. The minimum Gasteiger partial charge on any atom is -0.349 e. The molecule has 106 valence electrons. The zero-order valence-electron chi connectivity index (χ0n) is 11.0. The van der Waals surface area contributed by atoms with E-state index in [0.717, 1.165) is 5.69 Å². The van der Waals surface area contributed by atoms with Gasteiger partial charge in [0.15, 0.2) is 0 Å². The molecule has 0 aromatic carbocycles. The Morgan fingerprint density at radius 1 is 1.29 bits per heavy atom. The molecule has 0 aliphatic rings. The summed E-state index contributed by atoms with van der Waals surface area (Å²) in [5.74, 6) is -0.251. The third-order valence-corrected chi connectivity index (χ3v) is 3.78. The second-order valence-electron chi connectivity index (χ2n) is 4.41. The van der Waals surface area contributed by atoms with Gasteiger partial charge in [-0.05, 0) is 23.6 Å². The summed E-state index contributed by atoms with van der Waals surface area (Å²) in [6, 6.07) is 7.21. The monoisotopic (exact) mass is 300 g/mol. The number of carbonyl (C=O) groups excluding carboxylic acids is 1. The fraction of sp³-hybridized carbons (Fsp3) is 0.143. The molecule has 7 heteroatoms. The fourth-order valence-electron chi connectivity index (χ4n) is 1.91. The lowest BCUT2D eigenvalue weighted by Crippen LogP contribution is -2.32. The Morgan fingerprint density at radius 3 is 3.00 bits per heavy atom. The van der Waals surface area contributed by atoms with E-state index >= 15 is 0 Å². The number of aromatic nitrogens is 3. The molecule has 21 heavy (non-hydrogen) atoms. The van der Waals surface area contributed by atoms with Gasteiger partial charge in [0.25, 0.3) is 5.56 Å². The minimum absolute atomic E-state index is 0.0511.